The Hall–Kier alpha value is -3.72. The van der Waals surface area contributed by atoms with Gasteiger partial charge in [-0.3, -0.25) is 14.2 Å². The number of anilines is 2. The van der Waals surface area contributed by atoms with Crippen molar-refractivity contribution in [1.29, 1.82) is 0 Å². The number of thioether (sulfide) groups is 1. The topological polar surface area (TPSA) is 67.2 Å². The molecule has 178 valence electrons. The molecule has 0 radical (unpaired) electrons. The van der Waals surface area contributed by atoms with Crippen LogP contribution >= 0.6 is 11.8 Å². The summed E-state index contributed by atoms with van der Waals surface area (Å²) in [6.45, 7) is 2.08. The molecule has 1 N–H and O–H groups in total. The van der Waals surface area contributed by atoms with Crippen LogP contribution in [0.4, 0.5) is 20.2 Å². The highest BCUT2D eigenvalue weighted by molar-refractivity contribution is 7.99. The normalized spacial score (nSPS) is 13.4. The lowest BCUT2D eigenvalue weighted by Gasteiger charge is -2.17. The second-order valence-corrected chi connectivity index (χ2v) is 9.17. The van der Waals surface area contributed by atoms with Gasteiger partial charge in [0.25, 0.3) is 5.56 Å². The van der Waals surface area contributed by atoms with Crippen LogP contribution in [0.2, 0.25) is 0 Å². The molecule has 1 aromatic heterocycles. The monoisotopic (exact) mass is 492 g/mol. The number of benzene rings is 3. The fraction of sp³-hybridized carbons (Fsp3) is 0.192. The molecule has 0 saturated carbocycles. The highest BCUT2D eigenvalue weighted by Crippen LogP contribution is 2.25. The summed E-state index contributed by atoms with van der Waals surface area (Å²) < 4.78 is 29.2. The molecule has 1 aliphatic rings. The average Bonchev–Trinajstić information content (AvgIpc) is 3.39. The molecule has 0 unspecified atom stereocenters. The SMILES string of the molecule is O=C(CSc1nc2ccccc2c(=O)n1-c1ccc(F)cc1F)Nc1ccc(N2CCCC2)cc1. The second kappa shape index (κ2) is 9.87. The number of carbonyl (C=O) groups excluding carboxylic acids is 1. The predicted octanol–water partition coefficient (Wildman–Crippen LogP) is 4.99. The Balaban J connectivity index is 1.38. The number of halogens is 2. The van der Waals surface area contributed by atoms with Crippen molar-refractivity contribution in [2.24, 2.45) is 0 Å². The number of hydrogen-bond donors (Lipinski definition) is 1. The van der Waals surface area contributed by atoms with Gasteiger partial charge in [0.15, 0.2) is 5.16 Å². The minimum absolute atomic E-state index is 0.0541. The van der Waals surface area contributed by atoms with Crippen LogP contribution in [-0.2, 0) is 4.79 Å². The van der Waals surface area contributed by atoms with Gasteiger partial charge >= 0.3 is 0 Å². The third kappa shape index (κ3) is 4.90. The van der Waals surface area contributed by atoms with E-state index >= 15 is 0 Å². The van der Waals surface area contributed by atoms with Crippen LogP contribution in [0.15, 0.2) is 76.7 Å². The summed E-state index contributed by atoms with van der Waals surface area (Å²) in [6, 6.07) is 17.3. The van der Waals surface area contributed by atoms with Gasteiger partial charge in [-0.1, -0.05) is 23.9 Å². The number of fused-ring (bicyclic) bond motifs is 1. The van der Waals surface area contributed by atoms with Crippen LogP contribution in [0, 0.1) is 11.6 Å². The maximum Gasteiger partial charge on any atom is 0.266 e. The molecule has 0 atom stereocenters. The summed E-state index contributed by atoms with van der Waals surface area (Å²) in [5, 5.41) is 3.27. The molecule has 0 spiro atoms. The molecular formula is C26H22F2N4O2S. The van der Waals surface area contributed by atoms with Crippen molar-refractivity contribution in [2.75, 3.05) is 29.1 Å². The molecule has 1 saturated heterocycles. The Morgan fingerprint density at radius 3 is 2.49 bits per heavy atom. The van der Waals surface area contributed by atoms with E-state index in [2.05, 4.69) is 15.2 Å². The number of hydrogen-bond acceptors (Lipinski definition) is 5. The van der Waals surface area contributed by atoms with Gasteiger partial charge in [-0.05, 0) is 61.4 Å². The third-order valence-electron chi connectivity index (χ3n) is 5.85. The molecule has 2 heterocycles. The van der Waals surface area contributed by atoms with Crippen LogP contribution in [0.1, 0.15) is 12.8 Å². The highest BCUT2D eigenvalue weighted by Gasteiger charge is 2.18. The Kier molecular flexibility index (Phi) is 6.50. The zero-order valence-electron chi connectivity index (χ0n) is 18.7. The Bertz CT molecular complexity index is 1450. The van der Waals surface area contributed by atoms with Crippen molar-refractivity contribution < 1.29 is 13.6 Å². The standard InChI is InChI=1S/C26H22F2N4O2S/c27-17-7-12-23(21(28)15-17)32-25(34)20-5-1-2-6-22(20)30-26(32)35-16-24(33)29-18-8-10-19(11-9-18)31-13-3-4-14-31/h1-2,5-12,15H,3-4,13-14,16H2,(H,29,33). The lowest BCUT2D eigenvalue weighted by Crippen LogP contribution is -2.23. The number of amides is 1. The first-order valence-electron chi connectivity index (χ1n) is 11.2. The molecule has 35 heavy (non-hydrogen) atoms. The van der Waals surface area contributed by atoms with Crippen LogP contribution in [0.25, 0.3) is 16.6 Å². The van der Waals surface area contributed by atoms with Gasteiger partial charge in [0.05, 0.1) is 22.3 Å². The van der Waals surface area contributed by atoms with Crippen molar-refractivity contribution in [1.82, 2.24) is 9.55 Å². The molecule has 4 aromatic rings. The Morgan fingerprint density at radius 2 is 1.74 bits per heavy atom. The first-order chi connectivity index (χ1) is 17.0. The van der Waals surface area contributed by atoms with Gasteiger partial charge in [-0.15, -0.1) is 0 Å². The molecule has 1 amide bonds. The predicted molar refractivity (Wildman–Crippen MR) is 134 cm³/mol. The maximum atomic E-state index is 14.6. The van der Waals surface area contributed by atoms with E-state index in [9.17, 15) is 18.4 Å². The van der Waals surface area contributed by atoms with E-state index in [1.54, 1.807) is 24.3 Å². The van der Waals surface area contributed by atoms with Crippen molar-refractivity contribution in [3.05, 3.63) is 88.7 Å². The molecule has 6 nitrogen and oxygen atoms in total. The number of nitrogens with zero attached hydrogens (tertiary/aromatic N) is 3. The number of nitrogens with one attached hydrogen (secondary N) is 1. The van der Waals surface area contributed by atoms with Gasteiger partial charge in [0.1, 0.15) is 11.6 Å². The van der Waals surface area contributed by atoms with Crippen LogP contribution in [0.5, 0.6) is 0 Å². The summed E-state index contributed by atoms with van der Waals surface area (Å²) in [7, 11) is 0. The molecule has 9 heteroatoms. The van der Waals surface area contributed by atoms with Crippen molar-refractivity contribution in [2.45, 2.75) is 18.0 Å². The fourth-order valence-electron chi connectivity index (χ4n) is 4.14. The van der Waals surface area contributed by atoms with Gasteiger partial charge in [-0.25, -0.2) is 13.8 Å². The summed E-state index contributed by atoms with van der Waals surface area (Å²) in [5.74, 6) is -2.00. The number of para-hydroxylation sites is 1. The van der Waals surface area contributed by atoms with E-state index in [0.717, 1.165) is 41.2 Å². The van der Waals surface area contributed by atoms with E-state index in [1.165, 1.54) is 18.9 Å². The molecule has 0 bridgehead atoms. The first kappa shape index (κ1) is 23.0. The van der Waals surface area contributed by atoms with E-state index < -0.39 is 17.2 Å². The zero-order chi connectivity index (χ0) is 24.4. The third-order valence-corrected chi connectivity index (χ3v) is 6.79. The first-order valence-corrected chi connectivity index (χ1v) is 12.2. The smallest absolute Gasteiger partial charge is 0.266 e. The van der Waals surface area contributed by atoms with E-state index in [-0.39, 0.29) is 22.5 Å². The minimum Gasteiger partial charge on any atom is -0.372 e. The lowest BCUT2D eigenvalue weighted by atomic mass is 10.2. The number of carbonyl (C=O) groups is 1. The molecule has 3 aromatic carbocycles. The molecule has 5 rings (SSSR count). The van der Waals surface area contributed by atoms with Crippen LogP contribution < -0.4 is 15.8 Å². The van der Waals surface area contributed by atoms with Crippen molar-refractivity contribution in [3.8, 4) is 5.69 Å². The fourth-order valence-corrected chi connectivity index (χ4v) is 4.95. The number of aromatic nitrogens is 2. The highest BCUT2D eigenvalue weighted by atomic mass is 32.2. The van der Waals surface area contributed by atoms with E-state index in [0.29, 0.717) is 22.7 Å². The molecule has 1 fully saturated rings. The quantitative estimate of drug-likeness (QED) is 0.303. The Labute approximate surface area is 204 Å². The average molecular weight is 493 g/mol. The molecular weight excluding hydrogens is 470 g/mol. The van der Waals surface area contributed by atoms with Gasteiger partial charge < -0.3 is 10.2 Å². The second-order valence-electron chi connectivity index (χ2n) is 8.23. The summed E-state index contributed by atoms with van der Waals surface area (Å²) in [4.78, 5) is 32.7. The van der Waals surface area contributed by atoms with Gasteiger partial charge in [0.2, 0.25) is 5.91 Å². The summed E-state index contributed by atoms with van der Waals surface area (Å²) in [5.41, 5.74) is 1.58. The maximum absolute atomic E-state index is 14.6. The summed E-state index contributed by atoms with van der Waals surface area (Å²) in [6.07, 6.45) is 2.37. The largest absolute Gasteiger partial charge is 0.372 e. The summed E-state index contributed by atoms with van der Waals surface area (Å²) >= 11 is 1.01. The minimum atomic E-state index is -0.895. The zero-order valence-corrected chi connectivity index (χ0v) is 19.5. The van der Waals surface area contributed by atoms with E-state index in [4.69, 9.17) is 0 Å². The van der Waals surface area contributed by atoms with Gasteiger partial charge in [-0.2, -0.15) is 0 Å². The van der Waals surface area contributed by atoms with E-state index in [1.807, 2.05) is 24.3 Å². The van der Waals surface area contributed by atoms with Crippen molar-refractivity contribution in [3.63, 3.8) is 0 Å². The van der Waals surface area contributed by atoms with Crippen molar-refractivity contribution >= 4 is 39.9 Å². The van der Waals surface area contributed by atoms with Gasteiger partial charge in [0, 0.05) is 30.5 Å². The lowest BCUT2D eigenvalue weighted by molar-refractivity contribution is -0.113. The van der Waals surface area contributed by atoms with Crippen LogP contribution in [-0.4, -0.2) is 34.3 Å². The molecule has 0 aliphatic carbocycles. The van der Waals surface area contributed by atoms with Crippen LogP contribution in [0.3, 0.4) is 0 Å². The number of rotatable bonds is 6. The molecule has 1 aliphatic heterocycles. The Morgan fingerprint density at radius 1 is 1.00 bits per heavy atom.